The van der Waals surface area contributed by atoms with Crippen LogP contribution in [0.4, 0.5) is 10.1 Å². The van der Waals surface area contributed by atoms with Crippen LogP contribution in [0.3, 0.4) is 0 Å². The number of unbranched alkanes of at least 4 members (excludes halogenated alkanes) is 1. The Labute approximate surface area is 252 Å². The lowest BCUT2D eigenvalue weighted by atomic mass is 10.0. The lowest BCUT2D eigenvalue weighted by Crippen LogP contribution is -2.21. The van der Waals surface area contributed by atoms with Crippen molar-refractivity contribution in [1.29, 1.82) is 0 Å². The fourth-order valence-corrected chi connectivity index (χ4v) is 5.39. The van der Waals surface area contributed by atoms with E-state index in [4.69, 9.17) is 4.98 Å². The highest BCUT2D eigenvalue weighted by molar-refractivity contribution is 7.88. The third kappa shape index (κ3) is 6.33. The number of halogens is 1. The molecule has 6 aromatic rings. The first-order chi connectivity index (χ1) is 21.2. The summed E-state index contributed by atoms with van der Waals surface area (Å²) in [6, 6.07) is 13.7. The molecular weight excluding hydrogens is 583 g/mol. The van der Waals surface area contributed by atoms with Gasteiger partial charge in [-0.1, -0.05) is 25.5 Å². The number of aromatic amines is 2. The maximum atomic E-state index is 14.6. The molecule has 0 saturated heterocycles. The van der Waals surface area contributed by atoms with Gasteiger partial charge in [0.15, 0.2) is 5.82 Å². The molecule has 224 valence electrons. The quantitative estimate of drug-likeness (QED) is 0.158. The average molecular weight is 613 g/mol. The number of hydrogen-bond donors (Lipinski definition) is 4. The van der Waals surface area contributed by atoms with Crippen LogP contribution in [0, 0.1) is 5.82 Å². The normalized spacial score (nSPS) is 11.8. The molecule has 6 rings (SSSR count). The number of hydrogen-bond acceptors (Lipinski definition) is 7. The molecule has 0 bridgehead atoms. The average Bonchev–Trinajstić information content (AvgIpc) is 3.62. The van der Waals surface area contributed by atoms with E-state index >= 15 is 0 Å². The van der Waals surface area contributed by atoms with Gasteiger partial charge in [-0.2, -0.15) is 5.10 Å². The van der Waals surface area contributed by atoms with Crippen LogP contribution >= 0.6 is 0 Å². The topological polar surface area (TPSA) is 158 Å². The Bertz CT molecular complexity index is 2120. The molecule has 4 N–H and O–H groups in total. The van der Waals surface area contributed by atoms with Crippen LogP contribution < -0.4 is 10.0 Å². The van der Waals surface area contributed by atoms with Crippen LogP contribution in [0.2, 0.25) is 0 Å². The van der Waals surface area contributed by atoms with Gasteiger partial charge in [0.05, 0.1) is 46.6 Å². The molecule has 0 aliphatic rings. The molecule has 0 spiro atoms. The van der Waals surface area contributed by atoms with E-state index in [1.807, 2.05) is 37.3 Å². The number of aromatic nitrogens is 6. The predicted octanol–water partition coefficient (Wildman–Crippen LogP) is 5.55. The van der Waals surface area contributed by atoms with Crippen LogP contribution in [-0.2, 0) is 21.4 Å². The standard InChI is InChI=1S/C31H29FN8O3S/c1-3-4-8-28(41)36-22-12-20(15-33-16-22)26-13-24-27(17-34-26)39-40-30(24)31-37-25-7-5-6-23(29(25)38-31)19-9-18(10-21(32)11-19)14-35-44(2,42)43/h5-7,9-13,15-17,35H,3-4,8,14H2,1-2H3,(H,36,41)(H,37,38)(H,39,40). The summed E-state index contributed by atoms with van der Waals surface area (Å²) in [5, 5.41) is 11.2. The van der Waals surface area contributed by atoms with Crippen LogP contribution in [0.15, 0.2) is 67.1 Å². The van der Waals surface area contributed by atoms with Crippen molar-refractivity contribution < 1.29 is 17.6 Å². The Hall–Kier alpha value is -5.01. The second-order valence-corrected chi connectivity index (χ2v) is 12.4. The lowest BCUT2D eigenvalue weighted by molar-refractivity contribution is -0.116. The van der Waals surface area contributed by atoms with Gasteiger partial charge >= 0.3 is 0 Å². The van der Waals surface area contributed by atoms with Crippen molar-refractivity contribution >= 4 is 43.6 Å². The number of imidazole rings is 1. The van der Waals surface area contributed by atoms with E-state index in [0.717, 1.165) is 35.6 Å². The molecule has 0 aliphatic carbocycles. The number of pyridine rings is 2. The molecule has 0 saturated carbocycles. The fraction of sp³-hybridized carbons (Fsp3) is 0.194. The molecule has 11 nitrogen and oxygen atoms in total. The number of carbonyl (C=O) groups is 1. The predicted molar refractivity (Wildman–Crippen MR) is 167 cm³/mol. The minimum atomic E-state index is -3.44. The minimum absolute atomic E-state index is 0.0370. The highest BCUT2D eigenvalue weighted by atomic mass is 32.2. The molecule has 2 aromatic carbocycles. The third-order valence-electron chi connectivity index (χ3n) is 7.07. The first kappa shape index (κ1) is 29.1. The molecule has 0 radical (unpaired) electrons. The Morgan fingerprint density at radius 2 is 1.89 bits per heavy atom. The molecule has 0 aliphatic heterocycles. The second kappa shape index (κ2) is 11.9. The van der Waals surface area contributed by atoms with Crippen LogP contribution in [-0.4, -0.2) is 50.7 Å². The van der Waals surface area contributed by atoms with E-state index in [2.05, 4.69) is 35.2 Å². The molecule has 13 heteroatoms. The van der Waals surface area contributed by atoms with Crippen LogP contribution in [0.5, 0.6) is 0 Å². The third-order valence-corrected chi connectivity index (χ3v) is 7.74. The first-order valence-corrected chi connectivity index (χ1v) is 15.9. The van der Waals surface area contributed by atoms with Gasteiger partial charge in [0.2, 0.25) is 15.9 Å². The van der Waals surface area contributed by atoms with Gasteiger partial charge in [0.25, 0.3) is 0 Å². The molecule has 1 amide bonds. The highest BCUT2D eigenvalue weighted by Gasteiger charge is 2.17. The molecule has 0 unspecified atom stereocenters. The largest absolute Gasteiger partial charge is 0.337 e. The number of nitrogens with one attached hydrogen (secondary N) is 4. The highest BCUT2D eigenvalue weighted by Crippen LogP contribution is 2.33. The van der Waals surface area contributed by atoms with Crippen molar-refractivity contribution in [3.63, 3.8) is 0 Å². The van der Waals surface area contributed by atoms with E-state index in [9.17, 15) is 17.6 Å². The molecule has 4 aromatic heterocycles. The number of rotatable bonds is 10. The minimum Gasteiger partial charge on any atom is -0.337 e. The number of nitrogens with zero attached hydrogens (tertiary/aromatic N) is 4. The summed E-state index contributed by atoms with van der Waals surface area (Å²) >= 11 is 0. The number of anilines is 1. The molecule has 0 fully saturated rings. The van der Waals surface area contributed by atoms with Crippen molar-refractivity contribution in [3.05, 3.63) is 78.5 Å². The summed E-state index contributed by atoms with van der Waals surface area (Å²) in [5.41, 5.74) is 6.29. The zero-order valence-electron chi connectivity index (χ0n) is 24.0. The van der Waals surface area contributed by atoms with Gasteiger partial charge in [-0.15, -0.1) is 0 Å². The van der Waals surface area contributed by atoms with E-state index in [0.29, 0.717) is 57.0 Å². The Balaban J connectivity index is 1.35. The molecular formula is C31H29FN8O3S. The Morgan fingerprint density at radius 1 is 1.02 bits per heavy atom. The summed E-state index contributed by atoms with van der Waals surface area (Å²) in [5.74, 6) is -0.0464. The Morgan fingerprint density at radius 3 is 2.70 bits per heavy atom. The monoisotopic (exact) mass is 612 g/mol. The maximum absolute atomic E-state index is 14.6. The van der Waals surface area contributed by atoms with Crippen molar-refractivity contribution in [1.82, 2.24) is 34.9 Å². The zero-order chi connectivity index (χ0) is 30.8. The number of fused-ring (bicyclic) bond motifs is 2. The molecule has 44 heavy (non-hydrogen) atoms. The van der Waals surface area contributed by atoms with E-state index in [1.165, 1.54) is 12.1 Å². The fourth-order valence-electron chi connectivity index (χ4n) is 4.96. The number of amides is 1. The van der Waals surface area contributed by atoms with Crippen LogP contribution in [0.25, 0.3) is 55.8 Å². The van der Waals surface area contributed by atoms with Crippen molar-refractivity contribution in [3.8, 4) is 33.9 Å². The van der Waals surface area contributed by atoms with Gasteiger partial charge in [-0.25, -0.2) is 22.5 Å². The van der Waals surface area contributed by atoms with E-state index in [-0.39, 0.29) is 12.5 Å². The summed E-state index contributed by atoms with van der Waals surface area (Å²) in [4.78, 5) is 29.2. The van der Waals surface area contributed by atoms with Gasteiger partial charge in [0, 0.05) is 35.7 Å². The number of carbonyl (C=O) groups excluding carboxylic acids is 1. The van der Waals surface area contributed by atoms with E-state index < -0.39 is 15.8 Å². The number of para-hydroxylation sites is 1. The van der Waals surface area contributed by atoms with Crippen molar-refractivity contribution in [2.45, 2.75) is 32.7 Å². The summed E-state index contributed by atoms with van der Waals surface area (Å²) in [6.07, 6.45) is 8.22. The second-order valence-electron chi connectivity index (χ2n) is 10.5. The smallest absolute Gasteiger partial charge is 0.224 e. The summed E-state index contributed by atoms with van der Waals surface area (Å²) < 4.78 is 40.1. The van der Waals surface area contributed by atoms with E-state index in [1.54, 1.807) is 24.7 Å². The lowest BCUT2D eigenvalue weighted by Gasteiger charge is -2.08. The first-order valence-electron chi connectivity index (χ1n) is 14.0. The van der Waals surface area contributed by atoms with Gasteiger partial charge in [0.1, 0.15) is 11.5 Å². The number of sulfonamides is 1. The molecule has 4 heterocycles. The SMILES string of the molecule is CCCCC(=O)Nc1cncc(-c2cc3c(-c4nc5c(-c6cc(F)cc(CNS(C)(=O)=O)c6)cccc5[nH]4)n[nH]c3cn2)c1. The van der Waals surface area contributed by atoms with Gasteiger partial charge in [-0.3, -0.25) is 19.9 Å². The summed E-state index contributed by atoms with van der Waals surface area (Å²) in [7, 11) is -3.44. The number of benzene rings is 2. The van der Waals surface area contributed by atoms with Crippen LogP contribution in [0.1, 0.15) is 31.7 Å². The van der Waals surface area contributed by atoms with Gasteiger partial charge in [-0.05, 0) is 53.9 Å². The zero-order valence-corrected chi connectivity index (χ0v) is 24.8. The van der Waals surface area contributed by atoms with Crippen molar-refractivity contribution in [2.75, 3.05) is 11.6 Å². The Kier molecular flexibility index (Phi) is 7.89. The van der Waals surface area contributed by atoms with Gasteiger partial charge < -0.3 is 10.3 Å². The van der Waals surface area contributed by atoms with Crippen molar-refractivity contribution in [2.24, 2.45) is 0 Å². The summed E-state index contributed by atoms with van der Waals surface area (Å²) in [6.45, 7) is 2.00. The number of H-pyrrole nitrogens is 2. The maximum Gasteiger partial charge on any atom is 0.224 e. The molecule has 0 atom stereocenters.